The van der Waals surface area contributed by atoms with Crippen LogP contribution in [0.25, 0.3) is 22.8 Å². The molecule has 3 aromatic rings. The van der Waals surface area contributed by atoms with E-state index in [0.717, 1.165) is 16.7 Å². The maximum absolute atomic E-state index is 13.3. The third kappa shape index (κ3) is 2.91. The summed E-state index contributed by atoms with van der Waals surface area (Å²) in [5.41, 5.74) is 4.71. The summed E-state index contributed by atoms with van der Waals surface area (Å²) in [6.07, 6.45) is 1.65. The van der Waals surface area contributed by atoms with Gasteiger partial charge in [0.15, 0.2) is 0 Å². The molecule has 6 heteroatoms. The smallest absolute Gasteiger partial charge is 0.352 e. The van der Waals surface area contributed by atoms with Gasteiger partial charge in [-0.05, 0) is 54.0 Å². The molecule has 0 fully saturated rings. The van der Waals surface area contributed by atoms with Crippen LogP contribution >= 0.6 is 0 Å². The summed E-state index contributed by atoms with van der Waals surface area (Å²) in [6.45, 7) is 1.77. The maximum atomic E-state index is 13.3. The second-order valence-corrected chi connectivity index (χ2v) is 6.33. The lowest BCUT2D eigenvalue weighted by molar-refractivity contribution is -0.110. The second-order valence-electron chi connectivity index (χ2n) is 6.33. The lowest BCUT2D eigenvalue weighted by atomic mass is 9.94. The van der Waals surface area contributed by atoms with Crippen molar-refractivity contribution in [3.8, 4) is 11.1 Å². The number of carbonyl (C=O) groups excluding carboxylic acids is 1. The Hall–Kier alpha value is -3.67. The number of amides is 1. The molecule has 0 radical (unpaired) electrons. The molecule has 2 heterocycles. The Bertz CT molecular complexity index is 1110. The third-order valence-corrected chi connectivity index (χ3v) is 4.56. The number of anilines is 1. The number of carbonyl (C=O) groups is 2. The number of aryl methyl sites for hydroxylation is 1. The highest BCUT2D eigenvalue weighted by atomic mass is 19.1. The first kappa shape index (κ1) is 16.8. The quantitative estimate of drug-likeness (QED) is 0.607. The monoisotopic (exact) mass is 362 g/mol. The van der Waals surface area contributed by atoms with Crippen LogP contribution in [0.15, 0.2) is 48.5 Å². The summed E-state index contributed by atoms with van der Waals surface area (Å²) in [7, 11) is 0. The van der Waals surface area contributed by atoms with Crippen molar-refractivity contribution in [2.75, 3.05) is 5.32 Å². The molecule has 3 N–H and O–H groups in total. The number of benzene rings is 2. The molecule has 0 spiro atoms. The minimum Gasteiger partial charge on any atom is -0.477 e. The standard InChI is InChI=1S/C21H15FN2O3/c1-11-9-18(21(26)27)23-17(11)10-15-19-14(12-5-7-13(22)8-6-12)3-2-4-16(19)24-20(15)25/h2-10,23H,1H3,(H,24,25)(H,26,27). The van der Waals surface area contributed by atoms with Crippen molar-refractivity contribution in [1.29, 1.82) is 0 Å². The zero-order valence-electron chi connectivity index (χ0n) is 14.3. The lowest BCUT2D eigenvalue weighted by Gasteiger charge is -2.08. The van der Waals surface area contributed by atoms with Crippen LogP contribution in [0, 0.1) is 12.7 Å². The Morgan fingerprint density at radius 1 is 1.15 bits per heavy atom. The molecule has 1 aliphatic heterocycles. The zero-order valence-corrected chi connectivity index (χ0v) is 14.3. The van der Waals surface area contributed by atoms with Crippen molar-refractivity contribution < 1.29 is 19.1 Å². The topological polar surface area (TPSA) is 82.2 Å². The van der Waals surface area contributed by atoms with Crippen LogP contribution in [0.3, 0.4) is 0 Å². The number of aromatic carboxylic acids is 1. The fourth-order valence-corrected chi connectivity index (χ4v) is 3.24. The van der Waals surface area contributed by atoms with Gasteiger partial charge in [-0.2, -0.15) is 0 Å². The van der Waals surface area contributed by atoms with Crippen LogP contribution in [0.1, 0.15) is 27.3 Å². The van der Waals surface area contributed by atoms with Crippen LogP contribution in [-0.4, -0.2) is 22.0 Å². The molecule has 0 saturated carbocycles. The summed E-state index contributed by atoms with van der Waals surface area (Å²) in [6, 6.07) is 13.1. The van der Waals surface area contributed by atoms with Crippen LogP contribution < -0.4 is 5.32 Å². The van der Waals surface area contributed by atoms with E-state index in [1.807, 2.05) is 12.1 Å². The SMILES string of the molecule is Cc1cc(C(=O)O)[nH]c1C=C1C(=O)Nc2cccc(-c3ccc(F)cc3)c21. The molecule has 5 nitrogen and oxygen atoms in total. The molecule has 0 bridgehead atoms. The fraction of sp³-hybridized carbons (Fsp3) is 0.0476. The minimum absolute atomic E-state index is 0.0600. The highest BCUT2D eigenvalue weighted by molar-refractivity contribution is 6.36. The van der Waals surface area contributed by atoms with Gasteiger partial charge in [-0.15, -0.1) is 0 Å². The van der Waals surface area contributed by atoms with E-state index in [4.69, 9.17) is 5.11 Å². The number of hydrogen-bond acceptors (Lipinski definition) is 2. The molecule has 0 saturated heterocycles. The van der Waals surface area contributed by atoms with Gasteiger partial charge in [-0.1, -0.05) is 24.3 Å². The van der Waals surface area contributed by atoms with Crippen LogP contribution in [0.2, 0.25) is 0 Å². The van der Waals surface area contributed by atoms with E-state index in [1.165, 1.54) is 18.2 Å². The molecule has 0 aliphatic carbocycles. The first-order valence-corrected chi connectivity index (χ1v) is 8.29. The summed E-state index contributed by atoms with van der Waals surface area (Å²) >= 11 is 0. The molecular formula is C21H15FN2O3. The van der Waals surface area contributed by atoms with Gasteiger partial charge >= 0.3 is 5.97 Å². The number of H-pyrrole nitrogens is 1. The van der Waals surface area contributed by atoms with Crippen molar-refractivity contribution in [2.45, 2.75) is 6.92 Å². The number of aromatic amines is 1. The first-order chi connectivity index (χ1) is 12.9. The number of halogens is 1. The Morgan fingerprint density at radius 3 is 2.56 bits per heavy atom. The van der Waals surface area contributed by atoms with Crippen LogP contribution in [0.4, 0.5) is 10.1 Å². The van der Waals surface area contributed by atoms with Crippen molar-refractivity contribution in [3.63, 3.8) is 0 Å². The van der Waals surface area contributed by atoms with Crippen molar-refractivity contribution in [2.24, 2.45) is 0 Å². The molecule has 2 aromatic carbocycles. The van der Waals surface area contributed by atoms with E-state index in [1.54, 1.807) is 31.2 Å². The van der Waals surface area contributed by atoms with E-state index < -0.39 is 5.97 Å². The molecule has 134 valence electrons. The molecule has 0 atom stereocenters. The zero-order chi connectivity index (χ0) is 19.1. The number of carboxylic acids is 1. The summed E-state index contributed by atoms with van der Waals surface area (Å²) < 4.78 is 13.3. The van der Waals surface area contributed by atoms with E-state index in [2.05, 4.69) is 10.3 Å². The Balaban J connectivity index is 1.88. The molecule has 1 aromatic heterocycles. The number of carboxylic acid groups (broad SMARTS) is 1. The van der Waals surface area contributed by atoms with Crippen molar-refractivity contribution in [3.05, 3.63) is 76.9 Å². The number of nitrogens with one attached hydrogen (secondary N) is 2. The number of rotatable bonds is 3. The first-order valence-electron chi connectivity index (χ1n) is 8.29. The summed E-state index contributed by atoms with van der Waals surface area (Å²) in [4.78, 5) is 26.5. The summed E-state index contributed by atoms with van der Waals surface area (Å²) in [5.74, 6) is -1.67. The normalized spacial score (nSPS) is 14.3. The highest BCUT2D eigenvalue weighted by Gasteiger charge is 2.27. The molecule has 1 aliphatic rings. The number of hydrogen-bond donors (Lipinski definition) is 3. The predicted octanol–water partition coefficient (Wildman–Crippen LogP) is 4.32. The third-order valence-electron chi connectivity index (χ3n) is 4.56. The van der Waals surface area contributed by atoms with Crippen molar-refractivity contribution in [1.82, 2.24) is 4.98 Å². The largest absolute Gasteiger partial charge is 0.477 e. The van der Waals surface area contributed by atoms with Crippen molar-refractivity contribution >= 4 is 29.2 Å². The Morgan fingerprint density at radius 2 is 1.89 bits per heavy atom. The van der Waals surface area contributed by atoms with Crippen LogP contribution in [0.5, 0.6) is 0 Å². The average Bonchev–Trinajstić information content (AvgIpc) is 3.16. The van der Waals surface area contributed by atoms with E-state index in [-0.39, 0.29) is 17.4 Å². The predicted molar refractivity (Wildman–Crippen MR) is 101 cm³/mol. The summed E-state index contributed by atoms with van der Waals surface area (Å²) in [5, 5.41) is 12.0. The molecule has 4 rings (SSSR count). The number of fused-ring (bicyclic) bond motifs is 1. The van der Waals surface area contributed by atoms with Gasteiger partial charge in [0, 0.05) is 16.9 Å². The average molecular weight is 362 g/mol. The fourth-order valence-electron chi connectivity index (χ4n) is 3.24. The maximum Gasteiger partial charge on any atom is 0.352 e. The van der Waals surface area contributed by atoms with Gasteiger partial charge in [-0.3, -0.25) is 4.79 Å². The molecule has 0 unspecified atom stereocenters. The Labute approximate surface area is 154 Å². The van der Waals surface area contributed by atoms with Gasteiger partial charge in [-0.25, -0.2) is 9.18 Å². The minimum atomic E-state index is -1.06. The van der Waals surface area contributed by atoms with E-state index in [0.29, 0.717) is 22.5 Å². The van der Waals surface area contributed by atoms with E-state index in [9.17, 15) is 14.0 Å². The highest BCUT2D eigenvalue weighted by Crippen LogP contribution is 2.40. The lowest BCUT2D eigenvalue weighted by Crippen LogP contribution is -2.03. The van der Waals surface area contributed by atoms with Gasteiger partial charge in [0.25, 0.3) is 5.91 Å². The van der Waals surface area contributed by atoms with E-state index >= 15 is 0 Å². The van der Waals surface area contributed by atoms with Gasteiger partial charge in [0.05, 0.1) is 5.57 Å². The number of aromatic nitrogens is 1. The van der Waals surface area contributed by atoms with Gasteiger partial charge in [0.1, 0.15) is 11.5 Å². The van der Waals surface area contributed by atoms with Gasteiger partial charge in [0.2, 0.25) is 0 Å². The molecule has 27 heavy (non-hydrogen) atoms. The van der Waals surface area contributed by atoms with Gasteiger partial charge < -0.3 is 15.4 Å². The second kappa shape index (κ2) is 6.25. The molecular weight excluding hydrogens is 347 g/mol. The Kier molecular flexibility index (Phi) is 3.88. The molecule has 1 amide bonds. The van der Waals surface area contributed by atoms with Crippen LogP contribution in [-0.2, 0) is 4.79 Å².